The van der Waals surface area contributed by atoms with E-state index in [1.54, 1.807) is 20.8 Å². The maximum absolute atomic E-state index is 14.3. The Balaban J connectivity index is 1.48. The molecule has 0 radical (unpaired) electrons. The van der Waals surface area contributed by atoms with Gasteiger partial charge >= 0.3 is 18.0 Å². The Morgan fingerprint density at radius 3 is 2.40 bits per heavy atom. The lowest BCUT2D eigenvalue weighted by molar-refractivity contribution is -0.167. The molecular formula is C39H61NO9Si. The molecule has 0 aromatic carbocycles. The molecule has 4 saturated carbocycles. The van der Waals surface area contributed by atoms with Crippen molar-refractivity contribution in [2.24, 2.45) is 57.2 Å². The molecule has 50 heavy (non-hydrogen) atoms. The van der Waals surface area contributed by atoms with Crippen LogP contribution in [0.2, 0.25) is 0 Å². The second kappa shape index (κ2) is 13.5. The van der Waals surface area contributed by atoms with Gasteiger partial charge in [-0.25, -0.2) is 4.79 Å². The third-order valence-electron chi connectivity index (χ3n) is 14.2. The molecule has 0 saturated heterocycles. The van der Waals surface area contributed by atoms with Crippen LogP contribution in [0, 0.1) is 57.2 Å². The first-order chi connectivity index (χ1) is 23.2. The average molecular weight is 716 g/mol. The van der Waals surface area contributed by atoms with Crippen LogP contribution in [0.1, 0.15) is 101 Å². The fraction of sp³-hybridized carbons (Fsp3) is 0.795. The van der Waals surface area contributed by atoms with E-state index in [1.807, 2.05) is 19.9 Å². The number of hydrogen-bond acceptors (Lipinski definition) is 9. The molecule has 2 N–H and O–H groups in total. The van der Waals surface area contributed by atoms with Crippen LogP contribution in [-0.2, 0) is 33.0 Å². The van der Waals surface area contributed by atoms with Gasteiger partial charge in [0.25, 0.3) is 0 Å². The van der Waals surface area contributed by atoms with Gasteiger partial charge in [-0.15, -0.1) is 0 Å². The maximum Gasteiger partial charge on any atom is 0.408 e. The number of aliphatic hydroxyl groups is 1. The van der Waals surface area contributed by atoms with Gasteiger partial charge < -0.3 is 29.1 Å². The van der Waals surface area contributed by atoms with Crippen LogP contribution in [0.15, 0.2) is 24.3 Å². The zero-order valence-corrected chi connectivity index (χ0v) is 33.9. The Morgan fingerprint density at radius 2 is 1.78 bits per heavy atom. The topological polar surface area (TPSA) is 137 Å². The first-order valence-corrected chi connectivity index (χ1v) is 19.4. The molecule has 2 spiro atoms. The summed E-state index contributed by atoms with van der Waals surface area (Å²) in [6, 6.07) is 0. The molecule has 5 rings (SSSR count). The number of hydrogen-bond donors (Lipinski definition) is 2. The SMILES string of the molecule is C=C(C(=O)[C@H](OC(=O)CNC(=O)OC(C)(C)C)[C@@H](C)[C@H]1[C@@H](OC(C)=O)C[C@@]2(C)[C@@H]3CC[C@H]4[C@H](C)C(O)C=C[C@@]45C[C@@]35CC[C@]12C)[C@@H](C)CO[SiH3]. The highest BCUT2D eigenvalue weighted by atomic mass is 28.2. The molecule has 0 aromatic heterocycles. The van der Waals surface area contributed by atoms with Crippen LogP contribution < -0.4 is 5.32 Å². The smallest absolute Gasteiger partial charge is 0.408 e. The maximum atomic E-state index is 14.3. The van der Waals surface area contributed by atoms with Crippen molar-refractivity contribution in [2.45, 2.75) is 125 Å². The van der Waals surface area contributed by atoms with Crippen molar-refractivity contribution < 1.29 is 42.9 Å². The molecule has 0 aliphatic heterocycles. The van der Waals surface area contributed by atoms with Gasteiger partial charge in [-0.2, -0.15) is 0 Å². The number of alkyl carbamates (subject to hydrolysis) is 1. The van der Waals surface area contributed by atoms with Crippen molar-refractivity contribution in [2.75, 3.05) is 13.2 Å². The van der Waals surface area contributed by atoms with Gasteiger partial charge in [-0.1, -0.05) is 53.3 Å². The Labute approximate surface area is 301 Å². The Kier molecular flexibility index (Phi) is 10.4. The van der Waals surface area contributed by atoms with E-state index >= 15 is 0 Å². The molecule has 11 heteroatoms. The number of nitrogens with one attached hydrogen (secondary N) is 1. The minimum absolute atomic E-state index is 0.0901. The lowest BCUT2D eigenvalue weighted by Gasteiger charge is -2.61. The highest BCUT2D eigenvalue weighted by Gasteiger charge is 2.81. The quantitative estimate of drug-likeness (QED) is 0.101. The summed E-state index contributed by atoms with van der Waals surface area (Å²) in [5.74, 6) is -1.60. The summed E-state index contributed by atoms with van der Waals surface area (Å²) < 4.78 is 23.0. The Morgan fingerprint density at radius 1 is 1.10 bits per heavy atom. The normalized spacial score (nSPS) is 40.1. The number of carbonyl (C=O) groups excluding carboxylic acids is 4. The molecule has 0 aromatic rings. The second-order valence-electron chi connectivity index (χ2n) is 17.9. The van der Waals surface area contributed by atoms with Gasteiger partial charge in [0.1, 0.15) is 28.7 Å². The fourth-order valence-corrected chi connectivity index (χ4v) is 12.3. The molecule has 5 aliphatic carbocycles. The van der Waals surface area contributed by atoms with Gasteiger partial charge in [-0.3, -0.25) is 14.4 Å². The van der Waals surface area contributed by atoms with Crippen LogP contribution in [-0.4, -0.2) is 76.5 Å². The molecule has 5 aliphatic rings. The highest BCUT2D eigenvalue weighted by molar-refractivity contribution is 6.00. The van der Waals surface area contributed by atoms with Crippen LogP contribution in [0.3, 0.4) is 0 Å². The summed E-state index contributed by atoms with van der Waals surface area (Å²) in [7, 11) is 0.506. The van der Waals surface area contributed by atoms with E-state index in [-0.39, 0.29) is 51.2 Å². The molecule has 10 nitrogen and oxygen atoms in total. The third kappa shape index (κ3) is 6.31. The van der Waals surface area contributed by atoms with Crippen molar-refractivity contribution in [3.8, 4) is 0 Å². The number of carbonyl (C=O) groups is 4. The van der Waals surface area contributed by atoms with Gasteiger partial charge in [0.05, 0.1) is 6.10 Å². The summed E-state index contributed by atoms with van der Waals surface area (Å²) >= 11 is 0. The first-order valence-electron chi connectivity index (χ1n) is 18.6. The summed E-state index contributed by atoms with van der Waals surface area (Å²) in [4.78, 5) is 52.7. The summed E-state index contributed by atoms with van der Waals surface area (Å²) in [5.41, 5.74) is -0.773. The number of allylic oxidation sites excluding steroid dienone is 1. The van der Waals surface area contributed by atoms with E-state index in [1.165, 1.54) is 6.92 Å². The van der Waals surface area contributed by atoms with Crippen LogP contribution in [0.4, 0.5) is 4.79 Å². The monoisotopic (exact) mass is 715 g/mol. The second-order valence-corrected chi connectivity index (χ2v) is 18.5. The van der Waals surface area contributed by atoms with E-state index in [9.17, 15) is 24.3 Å². The molecule has 280 valence electrons. The third-order valence-corrected chi connectivity index (χ3v) is 14.5. The Hall–Kier alpha value is -2.50. The molecule has 4 fully saturated rings. The van der Waals surface area contributed by atoms with Crippen molar-refractivity contribution in [3.05, 3.63) is 24.3 Å². The number of fused-ring (bicyclic) bond motifs is 2. The van der Waals surface area contributed by atoms with Crippen LogP contribution in [0.25, 0.3) is 0 Å². The molecule has 0 bridgehead atoms. The minimum atomic E-state index is -1.21. The molecule has 0 heterocycles. The van der Waals surface area contributed by atoms with E-state index < -0.39 is 48.4 Å². The fourth-order valence-electron chi connectivity index (χ4n) is 11.8. The number of rotatable bonds is 11. The van der Waals surface area contributed by atoms with Crippen LogP contribution in [0.5, 0.6) is 0 Å². The average Bonchev–Trinajstić information content (AvgIpc) is 3.63. The van der Waals surface area contributed by atoms with Gasteiger partial charge in [-0.05, 0) is 104 Å². The van der Waals surface area contributed by atoms with E-state index in [0.717, 1.165) is 32.1 Å². The van der Waals surface area contributed by atoms with Crippen LogP contribution >= 0.6 is 0 Å². The standard InChI is InChI=1S/C39H61NO9Si/c1-21(19-46-50)22(2)32(44)33(48-30(43)18-40-34(45)49-35(6,7)8)24(4)31-28(47-25(5)41)17-37(10)29-12-11-26-23(3)27(42)13-14-38(26)20-39(29,38)16-15-36(31,37)9/h13-14,21,23-24,26-29,31,33,42H,2,11-12,15-20H2,1,3-10,50H3,(H,40,45)/t21-,23-,24-,26-,27?,28-,29-,31-,33+,36+,37-,38+,39-/m0/s1. The minimum Gasteiger partial charge on any atom is -0.462 e. The molecular weight excluding hydrogens is 655 g/mol. The largest absolute Gasteiger partial charge is 0.462 e. The van der Waals surface area contributed by atoms with Crippen molar-refractivity contribution >= 4 is 34.3 Å². The number of Topliss-reactive ketones (excluding diaryl/α,β-unsaturated/α-hetero) is 1. The predicted octanol–water partition coefficient (Wildman–Crippen LogP) is 4.84. The molecule has 1 amide bonds. The number of ketones is 1. The number of amides is 1. The van der Waals surface area contributed by atoms with E-state index in [2.05, 4.69) is 38.7 Å². The first kappa shape index (κ1) is 38.7. The lowest BCUT2D eigenvalue weighted by atomic mass is 9.43. The zero-order valence-electron chi connectivity index (χ0n) is 31.9. The number of esters is 2. The predicted molar refractivity (Wildman–Crippen MR) is 192 cm³/mol. The van der Waals surface area contributed by atoms with Crippen molar-refractivity contribution in [1.29, 1.82) is 0 Å². The van der Waals surface area contributed by atoms with Gasteiger partial charge in [0, 0.05) is 31.3 Å². The summed E-state index contributed by atoms with van der Waals surface area (Å²) in [5, 5.41) is 13.2. The highest BCUT2D eigenvalue weighted by Crippen LogP contribution is 2.87. The van der Waals surface area contributed by atoms with Gasteiger partial charge in [0.15, 0.2) is 11.9 Å². The number of aliphatic hydroxyl groups excluding tert-OH is 1. The Bertz CT molecular complexity index is 1420. The summed E-state index contributed by atoms with van der Waals surface area (Å²) in [6.07, 6.45) is 7.27. The van der Waals surface area contributed by atoms with Gasteiger partial charge in [0.2, 0.25) is 0 Å². The van der Waals surface area contributed by atoms with Crippen molar-refractivity contribution in [1.82, 2.24) is 5.32 Å². The van der Waals surface area contributed by atoms with E-state index in [0.29, 0.717) is 40.9 Å². The zero-order chi connectivity index (χ0) is 37.2. The number of ether oxygens (including phenoxy) is 3. The lowest BCUT2D eigenvalue weighted by Crippen LogP contribution is -2.56. The summed E-state index contributed by atoms with van der Waals surface area (Å²) in [6.45, 7) is 21.2. The van der Waals surface area contributed by atoms with E-state index in [4.69, 9.17) is 18.6 Å². The molecule has 13 atom stereocenters. The van der Waals surface area contributed by atoms with Crippen molar-refractivity contribution in [3.63, 3.8) is 0 Å². The molecule has 1 unspecified atom stereocenters.